The van der Waals surface area contributed by atoms with Gasteiger partial charge in [0.15, 0.2) is 0 Å². The molecular weight excluding hydrogens is 286 g/mol. The molecule has 2 N–H and O–H groups in total. The average molecular weight is 313 g/mol. The lowest BCUT2D eigenvalue weighted by atomic mass is 9.94. The minimum Gasteiger partial charge on any atom is -0.497 e. The van der Waals surface area contributed by atoms with Gasteiger partial charge in [0.25, 0.3) is 0 Å². The molecule has 0 heterocycles. The molecule has 0 bridgehead atoms. The summed E-state index contributed by atoms with van der Waals surface area (Å²) in [5, 5.41) is 10.5. The molecule has 4 nitrogen and oxygen atoms in total. The normalized spacial score (nSPS) is 16.6. The molecule has 0 aromatic heterocycles. The molecule has 21 heavy (non-hydrogen) atoms. The molecule has 0 amide bonds. The van der Waals surface area contributed by atoms with Crippen LogP contribution >= 0.6 is 0 Å². The van der Waals surface area contributed by atoms with Crippen molar-refractivity contribution in [2.24, 2.45) is 5.92 Å². The SMILES string of the molecule is COc1ccc([C@H](NS(=O)C(C)(C)C)[C@H](O)C(C)C)cc1. The smallest absolute Gasteiger partial charge is 0.118 e. The van der Waals surface area contributed by atoms with Crippen molar-refractivity contribution in [2.45, 2.75) is 51.5 Å². The Hall–Kier alpha value is -0.910. The maximum Gasteiger partial charge on any atom is 0.118 e. The summed E-state index contributed by atoms with van der Waals surface area (Å²) in [4.78, 5) is 0. The van der Waals surface area contributed by atoms with Crippen LogP contribution < -0.4 is 9.46 Å². The van der Waals surface area contributed by atoms with Crippen molar-refractivity contribution in [2.75, 3.05) is 7.11 Å². The van der Waals surface area contributed by atoms with Crippen LogP contribution in [0.5, 0.6) is 5.75 Å². The average Bonchev–Trinajstić information content (AvgIpc) is 2.42. The second kappa shape index (κ2) is 7.38. The van der Waals surface area contributed by atoms with Gasteiger partial charge < -0.3 is 9.84 Å². The van der Waals surface area contributed by atoms with E-state index < -0.39 is 17.1 Å². The van der Waals surface area contributed by atoms with Gasteiger partial charge in [0, 0.05) is 0 Å². The fourth-order valence-corrected chi connectivity index (χ4v) is 2.68. The molecule has 0 aliphatic carbocycles. The molecule has 1 rings (SSSR count). The van der Waals surface area contributed by atoms with Gasteiger partial charge in [0.1, 0.15) is 5.75 Å². The third kappa shape index (κ3) is 5.09. The number of aliphatic hydroxyl groups excluding tert-OH is 1. The molecule has 5 heteroatoms. The molecule has 1 unspecified atom stereocenters. The van der Waals surface area contributed by atoms with E-state index in [9.17, 15) is 9.32 Å². The van der Waals surface area contributed by atoms with Crippen LogP contribution in [0.1, 0.15) is 46.2 Å². The van der Waals surface area contributed by atoms with Crippen molar-refractivity contribution < 1.29 is 14.1 Å². The Bertz CT molecular complexity index is 465. The summed E-state index contributed by atoms with van der Waals surface area (Å²) < 4.78 is 20.2. The second-order valence-corrected chi connectivity index (χ2v) is 8.48. The van der Waals surface area contributed by atoms with E-state index in [2.05, 4.69) is 4.72 Å². The lowest BCUT2D eigenvalue weighted by molar-refractivity contribution is 0.0921. The number of aliphatic hydroxyl groups is 1. The standard InChI is InChI=1S/C16H27NO3S/c1-11(2)15(18)14(17-21(19)16(3,4)5)12-7-9-13(20-6)10-8-12/h7-11,14-15,17-18H,1-6H3/t14-,15+,21?/m0/s1. The molecular formula is C16H27NO3S. The highest BCUT2D eigenvalue weighted by Gasteiger charge is 2.29. The number of nitrogens with one attached hydrogen (secondary N) is 1. The number of hydrogen-bond acceptors (Lipinski definition) is 3. The molecule has 120 valence electrons. The summed E-state index contributed by atoms with van der Waals surface area (Å²) in [5.41, 5.74) is 0.898. The summed E-state index contributed by atoms with van der Waals surface area (Å²) in [7, 11) is 0.360. The summed E-state index contributed by atoms with van der Waals surface area (Å²) in [6.07, 6.45) is -0.621. The van der Waals surface area contributed by atoms with Gasteiger partial charge in [-0.05, 0) is 44.4 Å². The molecule has 0 spiro atoms. The maximum atomic E-state index is 12.4. The van der Waals surface area contributed by atoms with E-state index in [4.69, 9.17) is 4.74 Å². The first kappa shape index (κ1) is 18.1. The zero-order valence-electron chi connectivity index (χ0n) is 13.7. The van der Waals surface area contributed by atoms with Crippen molar-refractivity contribution >= 4 is 11.0 Å². The predicted molar refractivity (Wildman–Crippen MR) is 87.6 cm³/mol. The van der Waals surface area contributed by atoms with Gasteiger partial charge in [-0.15, -0.1) is 0 Å². The number of methoxy groups -OCH3 is 1. The molecule has 0 aliphatic heterocycles. The highest BCUT2D eigenvalue weighted by atomic mass is 32.2. The van der Waals surface area contributed by atoms with Crippen LogP contribution in [0.15, 0.2) is 24.3 Å². The van der Waals surface area contributed by atoms with Crippen LogP contribution in [-0.2, 0) is 11.0 Å². The largest absolute Gasteiger partial charge is 0.497 e. The Morgan fingerprint density at radius 2 is 1.71 bits per heavy atom. The predicted octanol–water partition coefficient (Wildman–Crippen LogP) is 2.81. The quantitative estimate of drug-likeness (QED) is 0.849. The summed E-state index contributed by atoms with van der Waals surface area (Å²) in [6, 6.07) is 7.09. The first-order valence-corrected chi connectivity index (χ1v) is 8.32. The Morgan fingerprint density at radius 1 is 1.19 bits per heavy atom. The monoisotopic (exact) mass is 313 g/mol. The van der Waals surface area contributed by atoms with Crippen LogP contribution in [0.25, 0.3) is 0 Å². The Labute approximate surface area is 130 Å². The van der Waals surface area contributed by atoms with Crippen LogP contribution in [0.3, 0.4) is 0 Å². The van der Waals surface area contributed by atoms with Gasteiger partial charge in [0.05, 0.1) is 35.0 Å². The van der Waals surface area contributed by atoms with E-state index in [0.29, 0.717) is 0 Å². The maximum absolute atomic E-state index is 12.4. The van der Waals surface area contributed by atoms with Gasteiger partial charge in [0.2, 0.25) is 0 Å². The number of ether oxygens (including phenoxy) is 1. The first-order valence-electron chi connectivity index (χ1n) is 7.17. The fraction of sp³-hybridized carbons (Fsp3) is 0.625. The zero-order valence-corrected chi connectivity index (χ0v) is 14.5. The van der Waals surface area contributed by atoms with E-state index in [-0.39, 0.29) is 16.7 Å². The molecule has 0 radical (unpaired) electrons. The highest BCUT2D eigenvalue weighted by molar-refractivity contribution is 7.84. The third-order valence-corrected chi connectivity index (χ3v) is 4.87. The van der Waals surface area contributed by atoms with Crippen molar-refractivity contribution in [3.05, 3.63) is 29.8 Å². The van der Waals surface area contributed by atoms with Gasteiger partial charge in [-0.1, -0.05) is 26.0 Å². The number of rotatable bonds is 6. The van der Waals surface area contributed by atoms with Gasteiger partial charge in [-0.2, -0.15) is 0 Å². The molecule has 1 aromatic carbocycles. The van der Waals surface area contributed by atoms with Gasteiger partial charge in [-0.3, -0.25) is 0 Å². The molecule has 0 saturated carbocycles. The number of hydrogen-bond donors (Lipinski definition) is 2. The molecule has 3 atom stereocenters. The molecule has 0 saturated heterocycles. The molecule has 1 aromatic rings. The Balaban J connectivity index is 3.04. The van der Waals surface area contributed by atoms with Crippen molar-refractivity contribution in [1.82, 2.24) is 4.72 Å². The Kier molecular flexibility index (Phi) is 6.38. The number of benzene rings is 1. The van der Waals surface area contributed by atoms with Gasteiger partial charge >= 0.3 is 0 Å². The summed E-state index contributed by atoms with van der Waals surface area (Å²) in [6.45, 7) is 9.61. The van der Waals surface area contributed by atoms with E-state index in [1.165, 1.54) is 0 Å². The highest BCUT2D eigenvalue weighted by Crippen LogP contribution is 2.26. The van der Waals surface area contributed by atoms with E-state index >= 15 is 0 Å². The van der Waals surface area contributed by atoms with Crippen LogP contribution in [0.2, 0.25) is 0 Å². The minimum absolute atomic E-state index is 0.0570. The van der Waals surface area contributed by atoms with Crippen LogP contribution in [-0.4, -0.2) is 27.3 Å². The lowest BCUT2D eigenvalue weighted by Crippen LogP contribution is -2.41. The van der Waals surface area contributed by atoms with Crippen LogP contribution in [0.4, 0.5) is 0 Å². The van der Waals surface area contributed by atoms with Crippen molar-refractivity contribution in [3.8, 4) is 5.75 Å². The molecule has 0 aliphatic rings. The fourth-order valence-electron chi connectivity index (χ4n) is 1.82. The van der Waals surface area contributed by atoms with E-state index in [0.717, 1.165) is 11.3 Å². The molecule has 0 fully saturated rings. The second-order valence-electron chi connectivity index (χ2n) is 6.48. The van der Waals surface area contributed by atoms with Crippen LogP contribution in [0, 0.1) is 5.92 Å². The summed E-state index contributed by atoms with van der Waals surface area (Å²) >= 11 is 0. The summed E-state index contributed by atoms with van der Waals surface area (Å²) in [5.74, 6) is 0.815. The first-order chi connectivity index (χ1) is 9.66. The lowest BCUT2D eigenvalue weighted by Gasteiger charge is -2.30. The van der Waals surface area contributed by atoms with Crippen molar-refractivity contribution in [1.29, 1.82) is 0 Å². The van der Waals surface area contributed by atoms with E-state index in [1.807, 2.05) is 58.9 Å². The zero-order chi connectivity index (χ0) is 16.2. The topological polar surface area (TPSA) is 58.6 Å². The third-order valence-electron chi connectivity index (χ3n) is 3.29. The van der Waals surface area contributed by atoms with Crippen molar-refractivity contribution in [3.63, 3.8) is 0 Å². The Morgan fingerprint density at radius 3 is 2.10 bits per heavy atom. The minimum atomic E-state index is -1.25. The van der Waals surface area contributed by atoms with E-state index in [1.54, 1.807) is 7.11 Å². The van der Waals surface area contributed by atoms with Gasteiger partial charge in [-0.25, -0.2) is 8.93 Å².